The van der Waals surface area contributed by atoms with Crippen molar-refractivity contribution in [2.24, 2.45) is 5.92 Å². The lowest BCUT2D eigenvalue weighted by Gasteiger charge is -2.38. The van der Waals surface area contributed by atoms with Gasteiger partial charge in [-0.05, 0) is 45.6 Å². The number of hydrogen-bond donors (Lipinski definition) is 1. The summed E-state index contributed by atoms with van der Waals surface area (Å²) >= 11 is 0. The van der Waals surface area contributed by atoms with Gasteiger partial charge in [0.2, 0.25) is 10.0 Å². The van der Waals surface area contributed by atoms with Gasteiger partial charge in [-0.15, -0.1) is 0 Å². The summed E-state index contributed by atoms with van der Waals surface area (Å²) in [5.41, 5.74) is 0. The lowest BCUT2D eigenvalue weighted by molar-refractivity contribution is 0.200. The minimum absolute atomic E-state index is 0.136. The molecule has 5 heteroatoms. The zero-order chi connectivity index (χ0) is 13.8. The summed E-state index contributed by atoms with van der Waals surface area (Å²) in [5.74, 6) is 0.462. The normalized spacial score (nSPS) is 28.2. The Morgan fingerprint density at radius 2 is 2.06 bits per heavy atom. The monoisotopic (exact) mass is 276 g/mol. The van der Waals surface area contributed by atoms with Gasteiger partial charge in [0.25, 0.3) is 0 Å². The molecule has 3 atom stereocenters. The Morgan fingerprint density at radius 3 is 2.67 bits per heavy atom. The zero-order valence-electron chi connectivity index (χ0n) is 12.1. The molecule has 0 aromatic carbocycles. The minimum atomic E-state index is -3.15. The molecule has 0 aromatic rings. The molecule has 1 heterocycles. The van der Waals surface area contributed by atoms with Crippen molar-refractivity contribution in [3.05, 3.63) is 0 Å². The zero-order valence-corrected chi connectivity index (χ0v) is 13.0. The maximum absolute atomic E-state index is 12.5. The largest absolute Gasteiger partial charge is 0.315 e. The predicted molar refractivity (Wildman–Crippen MR) is 76.1 cm³/mol. The third-order valence-corrected chi connectivity index (χ3v) is 6.36. The first-order chi connectivity index (χ1) is 8.41. The molecule has 0 aromatic heterocycles. The summed E-state index contributed by atoms with van der Waals surface area (Å²) < 4.78 is 26.8. The van der Waals surface area contributed by atoms with Gasteiger partial charge in [0, 0.05) is 19.1 Å². The summed E-state index contributed by atoms with van der Waals surface area (Å²) in [6, 6.07) is 0.136. The Hall–Kier alpha value is -0.130. The van der Waals surface area contributed by atoms with Crippen LogP contribution in [0.5, 0.6) is 0 Å². The topological polar surface area (TPSA) is 49.4 Å². The standard InChI is InChI=1S/C13H28N2O2S/c1-5-8-14-10-12(3)18(16,17)15-9-6-7-11(2)13(15)4/h11-14H,5-10H2,1-4H3. The summed E-state index contributed by atoms with van der Waals surface area (Å²) in [7, 11) is -3.15. The summed E-state index contributed by atoms with van der Waals surface area (Å²) in [5, 5.41) is 2.86. The lowest BCUT2D eigenvalue weighted by Crippen LogP contribution is -2.50. The second kappa shape index (κ2) is 6.87. The van der Waals surface area contributed by atoms with Crippen molar-refractivity contribution in [1.29, 1.82) is 0 Å². The molecule has 18 heavy (non-hydrogen) atoms. The smallest absolute Gasteiger partial charge is 0.218 e. The molecule has 0 saturated carbocycles. The quantitative estimate of drug-likeness (QED) is 0.753. The van der Waals surface area contributed by atoms with Crippen molar-refractivity contribution in [3.8, 4) is 0 Å². The van der Waals surface area contributed by atoms with E-state index in [9.17, 15) is 8.42 Å². The number of sulfonamides is 1. The van der Waals surface area contributed by atoms with Crippen LogP contribution >= 0.6 is 0 Å². The van der Waals surface area contributed by atoms with Crippen LogP contribution in [0.25, 0.3) is 0 Å². The van der Waals surface area contributed by atoms with Crippen LogP contribution < -0.4 is 5.32 Å². The molecule has 0 aliphatic carbocycles. The van der Waals surface area contributed by atoms with Gasteiger partial charge in [0.15, 0.2) is 0 Å². The summed E-state index contributed by atoms with van der Waals surface area (Å²) in [6.45, 7) is 10.2. The minimum Gasteiger partial charge on any atom is -0.315 e. The van der Waals surface area contributed by atoms with Crippen molar-refractivity contribution >= 4 is 10.0 Å². The van der Waals surface area contributed by atoms with E-state index < -0.39 is 10.0 Å². The number of hydrogen-bond acceptors (Lipinski definition) is 3. The Kier molecular flexibility index (Phi) is 6.08. The van der Waals surface area contributed by atoms with Crippen LogP contribution in [0.15, 0.2) is 0 Å². The maximum Gasteiger partial charge on any atom is 0.218 e. The molecule has 1 N–H and O–H groups in total. The van der Waals surface area contributed by atoms with Gasteiger partial charge in [-0.1, -0.05) is 13.8 Å². The highest BCUT2D eigenvalue weighted by molar-refractivity contribution is 7.89. The fourth-order valence-corrected chi connectivity index (χ4v) is 4.32. The number of nitrogens with zero attached hydrogens (tertiary/aromatic N) is 1. The van der Waals surface area contributed by atoms with E-state index in [1.807, 2.05) is 13.8 Å². The van der Waals surface area contributed by atoms with Crippen molar-refractivity contribution < 1.29 is 8.42 Å². The van der Waals surface area contributed by atoms with Crippen LogP contribution in [0.1, 0.15) is 47.0 Å². The third kappa shape index (κ3) is 3.68. The van der Waals surface area contributed by atoms with Crippen molar-refractivity contribution in [3.63, 3.8) is 0 Å². The molecule has 108 valence electrons. The molecule has 0 radical (unpaired) electrons. The van der Waals surface area contributed by atoms with E-state index in [-0.39, 0.29) is 11.3 Å². The molecule has 0 bridgehead atoms. The van der Waals surface area contributed by atoms with Gasteiger partial charge in [-0.3, -0.25) is 0 Å². The van der Waals surface area contributed by atoms with Crippen LogP contribution in [0.4, 0.5) is 0 Å². The molecule has 0 spiro atoms. The maximum atomic E-state index is 12.5. The molecule has 3 unspecified atom stereocenters. The second-order valence-corrected chi connectivity index (χ2v) is 7.83. The second-order valence-electron chi connectivity index (χ2n) is 5.53. The highest BCUT2D eigenvalue weighted by atomic mass is 32.2. The first-order valence-corrected chi connectivity index (χ1v) is 8.63. The number of piperidine rings is 1. The Balaban J connectivity index is 2.66. The van der Waals surface area contributed by atoms with E-state index in [2.05, 4.69) is 19.2 Å². The lowest BCUT2D eigenvalue weighted by atomic mass is 9.94. The number of rotatable bonds is 6. The van der Waals surface area contributed by atoms with Gasteiger partial charge in [-0.25, -0.2) is 8.42 Å². The third-order valence-electron chi connectivity index (χ3n) is 4.01. The molecule has 1 aliphatic heterocycles. The van der Waals surface area contributed by atoms with Gasteiger partial charge >= 0.3 is 0 Å². The van der Waals surface area contributed by atoms with Crippen LogP contribution in [0.3, 0.4) is 0 Å². The molecule has 4 nitrogen and oxygen atoms in total. The molecule has 0 amide bonds. The van der Waals surface area contributed by atoms with Gasteiger partial charge in [0.1, 0.15) is 0 Å². The average Bonchev–Trinajstić information content (AvgIpc) is 2.32. The Labute approximate surface area is 112 Å². The average molecular weight is 276 g/mol. The number of nitrogens with one attached hydrogen (secondary N) is 1. The highest BCUT2D eigenvalue weighted by Crippen LogP contribution is 2.26. The van der Waals surface area contributed by atoms with Crippen LogP contribution in [0, 0.1) is 5.92 Å². The van der Waals surface area contributed by atoms with E-state index in [0.717, 1.165) is 25.8 Å². The van der Waals surface area contributed by atoms with E-state index in [1.54, 1.807) is 4.31 Å². The van der Waals surface area contributed by atoms with Crippen LogP contribution in [-0.4, -0.2) is 43.6 Å². The molecular formula is C13H28N2O2S. The molecule has 1 aliphatic rings. The first-order valence-electron chi connectivity index (χ1n) is 7.12. The molecule has 1 saturated heterocycles. The van der Waals surface area contributed by atoms with Gasteiger partial charge in [-0.2, -0.15) is 4.31 Å². The van der Waals surface area contributed by atoms with E-state index in [4.69, 9.17) is 0 Å². The van der Waals surface area contributed by atoms with Crippen molar-refractivity contribution in [2.75, 3.05) is 19.6 Å². The summed E-state index contributed by atoms with van der Waals surface area (Å²) in [6.07, 6.45) is 3.15. The van der Waals surface area contributed by atoms with Crippen LogP contribution in [-0.2, 0) is 10.0 Å². The van der Waals surface area contributed by atoms with Crippen molar-refractivity contribution in [1.82, 2.24) is 9.62 Å². The van der Waals surface area contributed by atoms with Crippen LogP contribution in [0.2, 0.25) is 0 Å². The highest BCUT2D eigenvalue weighted by Gasteiger charge is 2.36. The molecular weight excluding hydrogens is 248 g/mol. The Morgan fingerprint density at radius 1 is 1.39 bits per heavy atom. The van der Waals surface area contributed by atoms with Gasteiger partial charge in [0.05, 0.1) is 5.25 Å². The van der Waals surface area contributed by atoms with Gasteiger partial charge < -0.3 is 5.32 Å². The SMILES string of the molecule is CCCNCC(C)S(=O)(=O)N1CCCC(C)C1C. The predicted octanol–water partition coefficient (Wildman–Crippen LogP) is 1.82. The van der Waals surface area contributed by atoms with E-state index in [0.29, 0.717) is 19.0 Å². The first kappa shape index (κ1) is 15.9. The van der Waals surface area contributed by atoms with E-state index in [1.165, 1.54) is 0 Å². The molecule has 1 rings (SSSR count). The summed E-state index contributed by atoms with van der Waals surface area (Å²) in [4.78, 5) is 0. The fourth-order valence-electron chi connectivity index (χ4n) is 2.48. The van der Waals surface area contributed by atoms with Crippen molar-refractivity contribution in [2.45, 2.75) is 58.2 Å². The fraction of sp³-hybridized carbons (Fsp3) is 1.00. The van der Waals surface area contributed by atoms with E-state index >= 15 is 0 Å². The molecule has 1 fully saturated rings. The Bertz CT molecular complexity index is 343.